The number of thiophene rings is 2. The third-order valence-corrected chi connectivity index (χ3v) is 7.72. The molecule has 7 heteroatoms. The van der Waals surface area contributed by atoms with E-state index in [9.17, 15) is 4.79 Å². The second-order valence-corrected chi connectivity index (χ2v) is 9.59. The average Bonchev–Trinajstić information content (AvgIpc) is 3.35. The van der Waals surface area contributed by atoms with Crippen LogP contribution in [0.1, 0.15) is 29.5 Å². The molecule has 0 spiro atoms. The first-order valence-corrected chi connectivity index (χ1v) is 11.3. The Balaban J connectivity index is 1.52. The van der Waals surface area contributed by atoms with Crippen LogP contribution in [0, 0.1) is 5.92 Å². The lowest BCUT2D eigenvalue weighted by atomic mass is 9.89. The predicted octanol–water partition coefficient (Wildman–Crippen LogP) is 4.82. The summed E-state index contributed by atoms with van der Waals surface area (Å²) in [5.41, 5.74) is 3.38. The molecule has 0 saturated carbocycles. The number of aromatic nitrogens is 3. The van der Waals surface area contributed by atoms with Gasteiger partial charge in [-0.2, -0.15) is 11.3 Å². The molecule has 0 amide bonds. The van der Waals surface area contributed by atoms with Gasteiger partial charge in [-0.25, -0.2) is 9.97 Å². The average molecular weight is 400 g/mol. The minimum Gasteiger partial charge on any atom is -0.293 e. The van der Waals surface area contributed by atoms with Gasteiger partial charge >= 0.3 is 0 Å². The number of aryl methyl sites for hydroxylation is 1. The number of hydrogen-bond donors (Lipinski definition) is 0. The van der Waals surface area contributed by atoms with Crippen LogP contribution in [0.4, 0.5) is 0 Å². The monoisotopic (exact) mass is 399 g/mol. The standard InChI is InChI=1S/C19H17N3OS3/c1-11-2-3-14-15(6-11)26-18-16(14)19(23)22(10-20-18)7-13-9-25-17(21-13)12-4-5-24-8-12/h4-5,8-11H,2-3,6-7H2,1H3/t11-/m1/s1. The molecule has 0 aliphatic heterocycles. The number of nitrogens with zero attached hydrogens (tertiary/aromatic N) is 3. The largest absolute Gasteiger partial charge is 0.293 e. The van der Waals surface area contributed by atoms with E-state index >= 15 is 0 Å². The topological polar surface area (TPSA) is 47.8 Å². The number of rotatable bonds is 3. The fourth-order valence-corrected chi connectivity index (χ4v) is 6.42. The highest BCUT2D eigenvalue weighted by atomic mass is 32.1. The molecule has 0 N–H and O–H groups in total. The van der Waals surface area contributed by atoms with Crippen molar-refractivity contribution in [2.75, 3.05) is 0 Å². The van der Waals surface area contributed by atoms with Crippen LogP contribution in [-0.4, -0.2) is 14.5 Å². The highest BCUT2D eigenvalue weighted by Gasteiger charge is 2.23. The first-order valence-electron chi connectivity index (χ1n) is 8.65. The number of fused-ring (bicyclic) bond motifs is 3. The molecule has 26 heavy (non-hydrogen) atoms. The fraction of sp³-hybridized carbons (Fsp3) is 0.316. The maximum Gasteiger partial charge on any atom is 0.262 e. The van der Waals surface area contributed by atoms with E-state index in [1.165, 1.54) is 10.4 Å². The Kier molecular flexibility index (Phi) is 4.03. The van der Waals surface area contributed by atoms with Gasteiger partial charge in [0.05, 0.1) is 24.0 Å². The molecular weight excluding hydrogens is 382 g/mol. The van der Waals surface area contributed by atoms with E-state index < -0.39 is 0 Å². The van der Waals surface area contributed by atoms with Gasteiger partial charge < -0.3 is 0 Å². The maximum atomic E-state index is 13.1. The summed E-state index contributed by atoms with van der Waals surface area (Å²) in [7, 11) is 0. The fourth-order valence-electron chi connectivity index (χ4n) is 3.55. The van der Waals surface area contributed by atoms with Gasteiger partial charge in [0.1, 0.15) is 9.84 Å². The molecular formula is C19H17N3OS3. The highest BCUT2D eigenvalue weighted by Crippen LogP contribution is 2.35. The van der Waals surface area contributed by atoms with Crippen molar-refractivity contribution in [3.8, 4) is 10.6 Å². The summed E-state index contributed by atoms with van der Waals surface area (Å²) in [6.07, 6.45) is 4.91. The molecule has 0 fully saturated rings. The predicted molar refractivity (Wildman–Crippen MR) is 110 cm³/mol. The summed E-state index contributed by atoms with van der Waals surface area (Å²) in [5.74, 6) is 0.698. The quantitative estimate of drug-likeness (QED) is 0.496. The molecule has 0 saturated heterocycles. The summed E-state index contributed by atoms with van der Waals surface area (Å²) < 4.78 is 1.71. The van der Waals surface area contributed by atoms with Crippen molar-refractivity contribution in [1.29, 1.82) is 0 Å². The van der Waals surface area contributed by atoms with E-state index in [0.29, 0.717) is 12.5 Å². The van der Waals surface area contributed by atoms with Crippen molar-refractivity contribution in [2.45, 2.75) is 32.7 Å². The zero-order valence-electron chi connectivity index (χ0n) is 14.3. The van der Waals surface area contributed by atoms with E-state index in [0.717, 1.165) is 45.7 Å². The first kappa shape index (κ1) is 16.4. The highest BCUT2D eigenvalue weighted by molar-refractivity contribution is 7.18. The lowest BCUT2D eigenvalue weighted by Crippen LogP contribution is -2.22. The van der Waals surface area contributed by atoms with Crippen molar-refractivity contribution in [3.63, 3.8) is 0 Å². The summed E-state index contributed by atoms with van der Waals surface area (Å²) in [5, 5.41) is 8.03. The second-order valence-electron chi connectivity index (χ2n) is 6.87. The molecule has 1 aliphatic carbocycles. The molecule has 1 aliphatic rings. The van der Waals surface area contributed by atoms with Crippen LogP contribution in [0.2, 0.25) is 0 Å². The zero-order valence-corrected chi connectivity index (χ0v) is 16.7. The third kappa shape index (κ3) is 2.74. The smallest absolute Gasteiger partial charge is 0.262 e. The van der Waals surface area contributed by atoms with Crippen molar-refractivity contribution < 1.29 is 0 Å². The van der Waals surface area contributed by atoms with Crippen LogP contribution < -0.4 is 5.56 Å². The second kappa shape index (κ2) is 6.40. The van der Waals surface area contributed by atoms with Crippen LogP contribution in [-0.2, 0) is 19.4 Å². The zero-order chi connectivity index (χ0) is 17.7. The van der Waals surface area contributed by atoms with E-state index in [1.54, 1.807) is 44.9 Å². The molecule has 4 aromatic rings. The van der Waals surface area contributed by atoms with Crippen LogP contribution in [0.5, 0.6) is 0 Å². The van der Waals surface area contributed by atoms with Crippen LogP contribution in [0.3, 0.4) is 0 Å². The number of thiazole rings is 1. The Hall–Kier alpha value is -1.83. The van der Waals surface area contributed by atoms with Gasteiger partial charge in [0, 0.05) is 21.2 Å². The lowest BCUT2D eigenvalue weighted by Gasteiger charge is -2.17. The number of hydrogen-bond acceptors (Lipinski definition) is 6. The van der Waals surface area contributed by atoms with Gasteiger partial charge in [0.15, 0.2) is 0 Å². The van der Waals surface area contributed by atoms with Gasteiger partial charge in [-0.15, -0.1) is 22.7 Å². The van der Waals surface area contributed by atoms with Gasteiger partial charge in [-0.05, 0) is 42.2 Å². The van der Waals surface area contributed by atoms with E-state index in [4.69, 9.17) is 4.98 Å². The van der Waals surface area contributed by atoms with E-state index in [-0.39, 0.29) is 5.56 Å². The SMILES string of the molecule is C[C@@H]1CCc2c(sc3ncn(Cc4csc(-c5ccsc5)n4)c(=O)c23)C1. The normalized spacial score (nSPS) is 16.9. The van der Waals surface area contributed by atoms with Gasteiger partial charge in [-0.1, -0.05) is 6.92 Å². The Bertz CT molecular complexity index is 1140. The molecule has 0 aromatic carbocycles. The molecule has 0 radical (unpaired) electrons. The minimum atomic E-state index is 0.0761. The molecule has 4 heterocycles. The summed E-state index contributed by atoms with van der Waals surface area (Å²) in [6, 6.07) is 2.08. The summed E-state index contributed by atoms with van der Waals surface area (Å²) >= 11 is 4.99. The van der Waals surface area contributed by atoms with Crippen molar-refractivity contribution >= 4 is 44.2 Å². The third-order valence-electron chi connectivity index (χ3n) is 4.93. The van der Waals surface area contributed by atoms with E-state index in [1.807, 2.05) is 5.38 Å². The molecule has 0 bridgehead atoms. The summed E-state index contributed by atoms with van der Waals surface area (Å²) in [4.78, 5) is 24.6. The minimum absolute atomic E-state index is 0.0761. The Morgan fingerprint density at radius 1 is 1.35 bits per heavy atom. The van der Waals surface area contributed by atoms with Gasteiger partial charge in [-0.3, -0.25) is 9.36 Å². The molecule has 4 nitrogen and oxygen atoms in total. The van der Waals surface area contributed by atoms with Crippen LogP contribution >= 0.6 is 34.0 Å². The first-order chi connectivity index (χ1) is 12.7. The van der Waals surface area contributed by atoms with Crippen LogP contribution in [0.25, 0.3) is 20.8 Å². The van der Waals surface area contributed by atoms with Crippen molar-refractivity contribution in [1.82, 2.24) is 14.5 Å². The van der Waals surface area contributed by atoms with E-state index in [2.05, 4.69) is 28.7 Å². The lowest BCUT2D eigenvalue weighted by molar-refractivity contribution is 0.509. The van der Waals surface area contributed by atoms with Crippen molar-refractivity contribution in [2.24, 2.45) is 5.92 Å². The molecule has 132 valence electrons. The molecule has 0 unspecified atom stereocenters. The Morgan fingerprint density at radius 3 is 3.12 bits per heavy atom. The summed E-state index contributed by atoms with van der Waals surface area (Å²) in [6.45, 7) is 2.76. The molecule has 1 atom stereocenters. The van der Waals surface area contributed by atoms with Gasteiger partial charge in [0.2, 0.25) is 0 Å². The van der Waals surface area contributed by atoms with Gasteiger partial charge in [0.25, 0.3) is 5.56 Å². The Labute approximate surface area is 162 Å². The van der Waals surface area contributed by atoms with Crippen molar-refractivity contribution in [3.05, 3.63) is 55.0 Å². The molecule has 4 aromatic heterocycles. The molecule has 5 rings (SSSR count). The maximum absolute atomic E-state index is 13.1. The van der Waals surface area contributed by atoms with Crippen LogP contribution in [0.15, 0.2) is 33.3 Å². The Morgan fingerprint density at radius 2 is 2.27 bits per heavy atom.